The molecular weight excluding hydrogens is 470 g/mol. The van der Waals surface area contributed by atoms with Gasteiger partial charge in [0.15, 0.2) is 6.23 Å². The summed E-state index contributed by atoms with van der Waals surface area (Å²) in [6.45, 7) is 4.10. The molecule has 0 saturated carbocycles. The molecule has 1 aliphatic rings. The van der Waals surface area contributed by atoms with Crippen LogP contribution in [-0.2, 0) is 33.8 Å². The summed E-state index contributed by atoms with van der Waals surface area (Å²) in [4.78, 5) is 22.9. The molecule has 0 bridgehead atoms. The van der Waals surface area contributed by atoms with Gasteiger partial charge in [-0.2, -0.15) is 0 Å². The van der Waals surface area contributed by atoms with Crippen LogP contribution >= 0.6 is 11.6 Å². The Hall–Kier alpha value is -2.88. The highest BCUT2D eigenvalue weighted by Gasteiger charge is 2.38. The van der Waals surface area contributed by atoms with Gasteiger partial charge in [-0.05, 0) is 55.5 Å². The molecule has 0 saturated heterocycles. The predicted molar refractivity (Wildman–Crippen MR) is 122 cm³/mol. The number of hydrogen-bond acceptors (Lipinski definition) is 7. The lowest BCUT2D eigenvalue weighted by Crippen LogP contribution is -2.49. The van der Waals surface area contributed by atoms with Crippen LogP contribution in [0.15, 0.2) is 65.6 Å². The van der Waals surface area contributed by atoms with Crippen molar-refractivity contribution in [2.75, 3.05) is 10.9 Å². The molecule has 8 nitrogen and oxygen atoms in total. The number of hydrogen-bond donors (Lipinski definition) is 0. The number of rotatable bonds is 7. The first-order valence-electron chi connectivity index (χ1n) is 10.1. The summed E-state index contributed by atoms with van der Waals surface area (Å²) in [6, 6.07) is 12.7. The third kappa shape index (κ3) is 6.13. The lowest BCUT2D eigenvalue weighted by molar-refractivity contribution is -0.162. The van der Waals surface area contributed by atoms with Crippen LogP contribution in [0.1, 0.15) is 19.4 Å². The van der Waals surface area contributed by atoms with Crippen LogP contribution < -0.4 is 4.31 Å². The monoisotopic (exact) mass is 493 g/mol. The number of sulfonamides is 1. The zero-order valence-corrected chi connectivity index (χ0v) is 19.9. The topological polar surface area (TPSA) is 99.2 Å². The fourth-order valence-corrected chi connectivity index (χ4v) is 4.86. The molecule has 0 amide bonds. The zero-order chi connectivity index (χ0) is 24.2. The average Bonchev–Trinajstić information content (AvgIpc) is 2.75. The van der Waals surface area contributed by atoms with E-state index < -0.39 is 40.4 Å². The predicted octanol–water partition coefficient (Wildman–Crippen LogP) is 3.62. The second kappa shape index (κ2) is 10.4. The van der Waals surface area contributed by atoms with Gasteiger partial charge in [-0.1, -0.05) is 29.3 Å². The largest absolute Gasteiger partial charge is 0.463 e. The van der Waals surface area contributed by atoms with Crippen molar-refractivity contribution >= 4 is 39.3 Å². The number of nitrogens with zero attached hydrogens (tertiary/aromatic N) is 1. The second-order valence-electron chi connectivity index (χ2n) is 7.42. The van der Waals surface area contributed by atoms with E-state index in [2.05, 4.69) is 0 Å². The van der Waals surface area contributed by atoms with Crippen molar-refractivity contribution in [2.45, 2.75) is 44.1 Å². The Morgan fingerprint density at radius 2 is 1.64 bits per heavy atom. The molecule has 0 fully saturated rings. The van der Waals surface area contributed by atoms with E-state index in [4.69, 9.17) is 25.8 Å². The van der Waals surface area contributed by atoms with Gasteiger partial charge in [0.1, 0.15) is 18.8 Å². The minimum atomic E-state index is -4.08. The molecule has 0 radical (unpaired) electrons. The fraction of sp³-hybridized carbons (Fsp3) is 0.304. The van der Waals surface area contributed by atoms with E-state index in [1.165, 1.54) is 38.1 Å². The van der Waals surface area contributed by atoms with Gasteiger partial charge >= 0.3 is 11.9 Å². The maximum absolute atomic E-state index is 13.7. The Bertz CT molecular complexity index is 1130. The Balaban J connectivity index is 2.04. The van der Waals surface area contributed by atoms with Crippen LogP contribution in [0.3, 0.4) is 0 Å². The molecule has 0 aliphatic carbocycles. The molecule has 1 aliphatic heterocycles. The molecule has 0 spiro atoms. The Labute approximate surface area is 197 Å². The molecule has 33 heavy (non-hydrogen) atoms. The number of halogens is 1. The summed E-state index contributed by atoms with van der Waals surface area (Å²) in [5, 5.41) is 0.439. The summed E-state index contributed by atoms with van der Waals surface area (Å²) >= 11 is 6.00. The first-order valence-corrected chi connectivity index (χ1v) is 11.9. The first-order chi connectivity index (χ1) is 15.6. The van der Waals surface area contributed by atoms with Crippen LogP contribution in [0.5, 0.6) is 0 Å². The highest BCUT2D eigenvalue weighted by atomic mass is 35.5. The van der Waals surface area contributed by atoms with Crippen LogP contribution in [0.2, 0.25) is 5.02 Å². The van der Waals surface area contributed by atoms with Crippen molar-refractivity contribution in [3.8, 4) is 0 Å². The number of carbonyl (C=O) groups is 2. The molecule has 3 rings (SSSR count). The highest BCUT2D eigenvalue weighted by Crippen LogP contribution is 2.31. The second-order valence-corrected chi connectivity index (χ2v) is 9.67. The number of carbonyl (C=O) groups excluding carboxylic acids is 2. The smallest absolute Gasteiger partial charge is 0.303 e. The van der Waals surface area contributed by atoms with E-state index in [0.717, 1.165) is 9.87 Å². The number of esters is 2. The van der Waals surface area contributed by atoms with E-state index >= 15 is 0 Å². The Morgan fingerprint density at radius 1 is 1.00 bits per heavy atom. The van der Waals surface area contributed by atoms with Crippen molar-refractivity contribution in [2.24, 2.45) is 0 Å². The normalized spacial score (nSPS) is 20.2. The van der Waals surface area contributed by atoms with Crippen molar-refractivity contribution < 1.29 is 32.2 Å². The fourth-order valence-electron chi connectivity index (χ4n) is 3.24. The maximum Gasteiger partial charge on any atom is 0.303 e. The SMILES string of the molecule is CC(=O)OC[C@H]1OC(N(c2ccc(Cl)cc2)S(=O)(=O)c2ccc(C)cc2)C=C[C@@H]1OC(C)=O. The molecule has 0 N–H and O–H groups in total. The Morgan fingerprint density at radius 3 is 2.21 bits per heavy atom. The van der Waals surface area contributed by atoms with Gasteiger partial charge in [-0.25, -0.2) is 12.7 Å². The van der Waals surface area contributed by atoms with Crippen LogP contribution in [-0.4, -0.2) is 45.4 Å². The van der Waals surface area contributed by atoms with E-state index in [-0.39, 0.29) is 11.5 Å². The molecule has 10 heteroatoms. The number of anilines is 1. The number of aryl methyl sites for hydroxylation is 1. The van der Waals surface area contributed by atoms with Crippen LogP contribution in [0.4, 0.5) is 5.69 Å². The summed E-state index contributed by atoms with van der Waals surface area (Å²) in [5.74, 6) is -1.10. The third-order valence-electron chi connectivity index (χ3n) is 4.79. The van der Waals surface area contributed by atoms with Crippen molar-refractivity contribution in [1.82, 2.24) is 0 Å². The van der Waals surface area contributed by atoms with Crippen LogP contribution in [0, 0.1) is 6.92 Å². The van der Waals surface area contributed by atoms with Gasteiger partial charge in [0.05, 0.1) is 10.6 Å². The first kappa shape index (κ1) is 24.8. The molecule has 176 valence electrons. The minimum Gasteiger partial charge on any atom is -0.463 e. The van der Waals surface area contributed by atoms with E-state index in [1.54, 1.807) is 36.4 Å². The van der Waals surface area contributed by atoms with Gasteiger partial charge in [0, 0.05) is 18.9 Å². The number of benzene rings is 2. The molecular formula is C23H24ClNO7S. The maximum atomic E-state index is 13.7. The Kier molecular flexibility index (Phi) is 7.78. The summed E-state index contributed by atoms with van der Waals surface area (Å²) in [6.07, 6.45) is 0.128. The highest BCUT2D eigenvalue weighted by molar-refractivity contribution is 7.92. The minimum absolute atomic E-state index is 0.0682. The quantitative estimate of drug-likeness (QED) is 0.429. The van der Waals surface area contributed by atoms with Crippen molar-refractivity contribution in [3.63, 3.8) is 0 Å². The molecule has 1 heterocycles. The van der Waals surface area contributed by atoms with Gasteiger partial charge in [0.25, 0.3) is 10.0 Å². The van der Waals surface area contributed by atoms with Crippen molar-refractivity contribution in [3.05, 3.63) is 71.3 Å². The lowest BCUT2D eigenvalue weighted by atomic mass is 10.1. The van der Waals surface area contributed by atoms with E-state index in [9.17, 15) is 18.0 Å². The van der Waals surface area contributed by atoms with E-state index in [1.807, 2.05) is 6.92 Å². The van der Waals surface area contributed by atoms with Crippen molar-refractivity contribution in [1.29, 1.82) is 0 Å². The molecule has 1 unspecified atom stereocenters. The zero-order valence-electron chi connectivity index (χ0n) is 18.3. The van der Waals surface area contributed by atoms with Gasteiger partial charge in [-0.3, -0.25) is 9.59 Å². The summed E-state index contributed by atoms with van der Waals surface area (Å²) < 4.78 is 44.7. The van der Waals surface area contributed by atoms with Crippen LogP contribution in [0.25, 0.3) is 0 Å². The standard InChI is InChI=1S/C23H24ClNO7S/c1-15-4-10-20(11-5-15)33(28,29)25(19-8-6-18(24)7-9-19)23-13-12-21(31-17(3)27)22(32-23)14-30-16(2)26/h4-13,21-23H,14H2,1-3H3/t21-,22+,23?/m0/s1. The average molecular weight is 494 g/mol. The molecule has 0 aromatic heterocycles. The van der Waals surface area contributed by atoms with Gasteiger partial charge in [0.2, 0.25) is 0 Å². The molecule has 2 aromatic rings. The van der Waals surface area contributed by atoms with Gasteiger partial charge < -0.3 is 14.2 Å². The molecule has 3 atom stereocenters. The van der Waals surface area contributed by atoms with Gasteiger partial charge in [-0.15, -0.1) is 0 Å². The summed E-state index contributed by atoms with van der Waals surface area (Å²) in [5.41, 5.74) is 1.22. The number of ether oxygens (including phenoxy) is 3. The molecule has 2 aromatic carbocycles. The van der Waals surface area contributed by atoms with E-state index in [0.29, 0.717) is 10.7 Å². The lowest BCUT2D eigenvalue weighted by Gasteiger charge is -2.37. The third-order valence-corrected chi connectivity index (χ3v) is 6.85. The summed E-state index contributed by atoms with van der Waals surface area (Å²) in [7, 11) is -4.08.